The van der Waals surface area contributed by atoms with E-state index in [0.717, 1.165) is 26.3 Å². The molecule has 3 saturated heterocycles. The molecule has 2 unspecified atom stereocenters. The third-order valence-electron chi connectivity index (χ3n) is 7.72. The number of hydrogen-bond donors (Lipinski definition) is 1. The van der Waals surface area contributed by atoms with Crippen molar-refractivity contribution in [1.82, 2.24) is 19.6 Å². The van der Waals surface area contributed by atoms with Gasteiger partial charge < -0.3 is 47.5 Å². The van der Waals surface area contributed by atoms with E-state index in [2.05, 4.69) is 61.0 Å². The average molecular weight is 947 g/mol. The summed E-state index contributed by atoms with van der Waals surface area (Å²) in [6.45, 7) is 39.6. The minimum Gasteiger partial charge on any atom is -0.395 e. The van der Waals surface area contributed by atoms with E-state index in [9.17, 15) is 0 Å². The zero-order valence-electron chi connectivity index (χ0n) is 43.7. The van der Waals surface area contributed by atoms with E-state index in [1.54, 1.807) is 21.3 Å². The molecule has 0 aromatic rings. The molecule has 3 rings (SSSR count). The van der Waals surface area contributed by atoms with E-state index >= 15 is 0 Å². The predicted molar refractivity (Wildman–Crippen MR) is 298 cm³/mol. The molecule has 10 nitrogen and oxygen atoms in total. The van der Waals surface area contributed by atoms with Gasteiger partial charge in [0.15, 0.2) is 0 Å². The number of aliphatic hydroxyl groups excluding tert-OH is 1. The van der Waals surface area contributed by atoms with Crippen LogP contribution in [0.3, 0.4) is 0 Å². The lowest BCUT2D eigenvalue weighted by Crippen LogP contribution is -2.41. The van der Waals surface area contributed by atoms with Crippen molar-refractivity contribution in [1.29, 1.82) is 0 Å². The van der Waals surface area contributed by atoms with E-state index in [-0.39, 0.29) is 33.6 Å². The van der Waals surface area contributed by atoms with E-state index in [1.165, 1.54) is 64.7 Å². The lowest BCUT2D eigenvalue weighted by Gasteiger charge is -2.31. The summed E-state index contributed by atoms with van der Waals surface area (Å²) in [6.07, 6.45) is 23.9. The highest BCUT2D eigenvalue weighted by Crippen LogP contribution is 2.39. The number of rotatable bonds is 8. The molecular formula is C46H118N4O6P4. The highest BCUT2D eigenvalue weighted by Gasteiger charge is 2.21. The Hall–Kier alpha value is 0.800. The van der Waals surface area contributed by atoms with Gasteiger partial charge in [-0.2, -0.15) is 0 Å². The van der Waals surface area contributed by atoms with Crippen LogP contribution in [-0.2, 0) is 22.8 Å². The van der Waals surface area contributed by atoms with E-state index in [0.29, 0.717) is 0 Å². The first-order chi connectivity index (χ1) is 26.6. The van der Waals surface area contributed by atoms with Gasteiger partial charge in [-0.1, -0.05) is 94.4 Å². The summed E-state index contributed by atoms with van der Waals surface area (Å²) < 4.78 is 25.7. The Balaban J connectivity index is -0.0000000715. The molecule has 0 aromatic carbocycles. The quantitative estimate of drug-likeness (QED) is 0.238. The standard InChI is InChI=1S/C9H22NO2P.2C6H13N.C5H11NO.3C4H11OP.3C2H6.2CH4/c1-8(12-13(4,5)6)9(7-11)10(2)3;2*1-7-5-3-2-4-6-7;1-6-2-4-7-5-3-6;3*1-5-6(2,3)4;3*1-2;;/h8-9,11H,4,7H2,1-3,5-6H3;2*2-6H2,1H3;2-5H2,1H3;3*2H2,1,3-4H3;3*1-2H3;2*1H4. The molecule has 1 N–H and O–H groups in total. The van der Waals surface area contributed by atoms with Gasteiger partial charge in [0.1, 0.15) is 0 Å². The molecule has 0 radical (unpaired) electrons. The molecule has 0 amide bonds. The molecule has 3 aliphatic heterocycles. The number of hydrogen-bond acceptors (Lipinski definition) is 10. The first-order valence-corrected chi connectivity index (χ1v) is 32.8. The Bertz CT molecular complexity index is 891. The topological polar surface area (TPSA) is 79.3 Å². The van der Waals surface area contributed by atoms with Crippen LogP contribution >= 0.6 is 28.5 Å². The SMILES string of the molecule is C.C.C=P(C)(C)OC.C=P(C)(C)OC.C=P(C)(C)OC.C=P(C)(C)OC(C)C(CO)N(C)C.CC.CC.CC.CN1CCCCC1.CN1CCCCC1.CN1CCOCC1. The van der Waals surface area contributed by atoms with Gasteiger partial charge in [-0.3, -0.25) is 0 Å². The first-order valence-electron chi connectivity index (χ1n) is 21.6. The van der Waals surface area contributed by atoms with Crippen LogP contribution in [0.2, 0.25) is 0 Å². The zero-order chi connectivity index (χ0) is 47.6. The first kappa shape index (κ1) is 81.0. The van der Waals surface area contributed by atoms with Crippen molar-refractivity contribution < 1.29 is 27.9 Å². The van der Waals surface area contributed by atoms with Crippen molar-refractivity contribution in [2.24, 2.45) is 0 Å². The minimum absolute atomic E-state index is 0. The summed E-state index contributed by atoms with van der Waals surface area (Å²) in [6, 6.07) is 0.0565. The molecule has 0 bridgehead atoms. The van der Waals surface area contributed by atoms with Crippen molar-refractivity contribution in [2.75, 3.05) is 169 Å². The second-order valence-electron chi connectivity index (χ2n) is 16.0. The van der Waals surface area contributed by atoms with Crippen molar-refractivity contribution in [3.8, 4) is 0 Å². The fraction of sp³-hybridized carbons (Fsp3) is 0.913. The van der Waals surface area contributed by atoms with Gasteiger partial charge in [0.25, 0.3) is 0 Å². The summed E-state index contributed by atoms with van der Waals surface area (Å²) in [5.74, 6) is 0. The molecule has 3 heterocycles. The lowest BCUT2D eigenvalue weighted by atomic mass is 10.1. The number of likely N-dealkylation sites (tertiary alicyclic amines) is 2. The number of aliphatic hydroxyl groups is 1. The molecule has 378 valence electrons. The average Bonchev–Trinajstić information content (AvgIpc) is 3.15. The molecule has 0 spiro atoms. The van der Waals surface area contributed by atoms with Gasteiger partial charge in [0.2, 0.25) is 0 Å². The van der Waals surface area contributed by atoms with Gasteiger partial charge in [0.05, 0.1) is 32.0 Å². The maximum Gasteiger partial charge on any atom is 0.0765 e. The van der Waals surface area contributed by atoms with Gasteiger partial charge in [-0.25, -0.2) is 0 Å². The number of piperidine rings is 2. The summed E-state index contributed by atoms with van der Waals surface area (Å²) in [5.41, 5.74) is 0. The Morgan fingerprint density at radius 2 is 0.767 bits per heavy atom. The zero-order valence-corrected chi connectivity index (χ0v) is 47.2. The minimum atomic E-state index is -1.47. The molecule has 0 aromatic heterocycles. The molecule has 14 heteroatoms. The predicted octanol–water partition coefficient (Wildman–Crippen LogP) is 11.2. The van der Waals surface area contributed by atoms with E-state index < -0.39 is 28.5 Å². The Morgan fingerprint density at radius 1 is 0.533 bits per heavy atom. The maximum absolute atomic E-state index is 9.13. The van der Waals surface area contributed by atoms with Crippen molar-refractivity contribution in [2.45, 2.75) is 114 Å². The van der Waals surface area contributed by atoms with E-state index in [1.807, 2.05) is 121 Å². The third kappa shape index (κ3) is 82.5. The number of likely N-dealkylation sites (N-methyl/N-ethyl adjacent to an activating group) is 2. The normalized spacial score (nSPS) is 16.5. The summed E-state index contributed by atoms with van der Waals surface area (Å²) >= 11 is 0. The van der Waals surface area contributed by atoms with Gasteiger partial charge in [0, 0.05) is 34.4 Å². The summed E-state index contributed by atoms with van der Waals surface area (Å²) in [5, 5.41) is 9.13. The second kappa shape index (κ2) is 52.4. The van der Waals surface area contributed by atoms with Crippen LogP contribution < -0.4 is 0 Å². The summed E-state index contributed by atoms with van der Waals surface area (Å²) in [4.78, 5) is 9.02. The molecule has 3 aliphatic rings. The molecule has 0 saturated carbocycles. The molecular weight excluding hydrogens is 828 g/mol. The smallest absolute Gasteiger partial charge is 0.0765 e. The van der Waals surface area contributed by atoms with Crippen LogP contribution in [-0.4, -0.2) is 231 Å². The molecule has 2 atom stereocenters. The van der Waals surface area contributed by atoms with Crippen molar-refractivity contribution >= 4 is 53.6 Å². The monoisotopic (exact) mass is 947 g/mol. The van der Waals surface area contributed by atoms with Crippen LogP contribution in [0.25, 0.3) is 0 Å². The molecule has 3 fully saturated rings. The fourth-order valence-electron chi connectivity index (χ4n) is 4.01. The maximum atomic E-state index is 9.13. The van der Waals surface area contributed by atoms with Crippen LogP contribution in [0.4, 0.5) is 0 Å². The van der Waals surface area contributed by atoms with Crippen molar-refractivity contribution in [3.63, 3.8) is 0 Å². The largest absolute Gasteiger partial charge is 0.395 e. The Kier molecular flexibility index (Phi) is 70.8. The van der Waals surface area contributed by atoms with Gasteiger partial charge in [-0.05, 0) is 176 Å². The fourth-order valence-corrected chi connectivity index (χ4v) is 5.05. The van der Waals surface area contributed by atoms with Gasteiger partial charge >= 0.3 is 0 Å². The Labute approximate surface area is 382 Å². The Morgan fingerprint density at radius 3 is 0.883 bits per heavy atom. The molecule has 60 heavy (non-hydrogen) atoms. The number of morpholine rings is 1. The van der Waals surface area contributed by atoms with E-state index in [4.69, 9.17) is 27.9 Å². The van der Waals surface area contributed by atoms with Crippen LogP contribution in [0.15, 0.2) is 0 Å². The van der Waals surface area contributed by atoms with Crippen LogP contribution in [0.5, 0.6) is 0 Å². The lowest BCUT2D eigenvalue weighted by molar-refractivity contribution is 0.0503. The third-order valence-corrected chi connectivity index (χ3v) is 11.6. The van der Waals surface area contributed by atoms with Crippen molar-refractivity contribution in [3.05, 3.63) is 0 Å². The second-order valence-corrected chi connectivity index (χ2v) is 29.9. The van der Waals surface area contributed by atoms with Gasteiger partial charge in [-0.15, -0.1) is 0 Å². The summed E-state index contributed by atoms with van der Waals surface area (Å²) in [7, 11) is 10.6. The van der Waals surface area contributed by atoms with Crippen LogP contribution in [0.1, 0.15) is 102 Å². The molecule has 0 aliphatic carbocycles. The number of ether oxygens (including phenoxy) is 1. The number of nitrogens with zero attached hydrogens (tertiary/aromatic N) is 4. The highest BCUT2D eigenvalue weighted by atomic mass is 31.2. The highest BCUT2D eigenvalue weighted by molar-refractivity contribution is 7.68. The van der Waals surface area contributed by atoms with Crippen LogP contribution in [0, 0.1) is 0 Å².